The first-order valence-corrected chi connectivity index (χ1v) is 10.7. The zero-order valence-corrected chi connectivity index (χ0v) is 18.4. The van der Waals surface area contributed by atoms with Gasteiger partial charge in [0.1, 0.15) is 11.4 Å². The molecule has 1 N–H and O–H groups in total. The van der Waals surface area contributed by atoms with Gasteiger partial charge in [-0.1, -0.05) is 41.1 Å². The normalized spacial score (nSPS) is 11.1. The third-order valence-corrected chi connectivity index (χ3v) is 5.94. The molecule has 6 nitrogen and oxygen atoms in total. The molecular formula is C22H20ClN5OS. The lowest BCUT2D eigenvalue weighted by atomic mass is 10.1. The van der Waals surface area contributed by atoms with Crippen molar-refractivity contribution in [1.82, 2.24) is 19.7 Å². The van der Waals surface area contributed by atoms with Gasteiger partial charge in [0.25, 0.3) is 0 Å². The first kappa shape index (κ1) is 20.4. The second kappa shape index (κ2) is 8.45. The molecule has 1 amide bonds. The first-order chi connectivity index (χ1) is 14.4. The van der Waals surface area contributed by atoms with Crippen molar-refractivity contribution in [1.29, 1.82) is 0 Å². The van der Waals surface area contributed by atoms with E-state index < -0.39 is 0 Å². The largest absolute Gasteiger partial charge is 0.325 e. The van der Waals surface area contributed by atoms with E-state index in [2.05, 4.69) is 32.5 Å². The van der Waals surface area contributed by atoms with Gasteiger partial charge in [-0.15, -0.1) is 0 Å². The first-order valence-electron chi connectivity index (χ1n) is 9.37. The molecule has 0 bridgehead atoms. The number of aryl methyl sites for hydroxylation is 3. The molecule has 0 spiro atoms. The molecule has 152 valence electrons. The minimum atomic E-state index is -0.0769. The monoisotopic (exact) mass is 437 g/mol. The Balaban J connectivity index is 1.52. The summed E-state index contributed by atoms with van der Waals surface area (Å²) in [4.78, 5) is 21.3. The van der Waals surface area contributed by atoms with Crippen molar-refractivity contribution in [2.75, 3.05) is 11.1 Å². The summed E-state index contributed by atoms with van der Waals surface area (Å²) in [5.74, 6) is 0.164. The Morgan fingerprint density at radius 2 is 1.80 bits per heavy atom. The number of aromatic nitrogens is 4. The fourth-order valence-corrected chi connectivity index (χ4v) is 4.28. The van der Waals surface area contributed by atoms with E-state index >= 15 is 0 Å². The fourth-order valence-electron chi connectivity index (χ4n) is 3.40. The molecule has 8 heteroatoms. The van der Waals surface area contributed by atoms with E-state index in [9.17, 15) is 4.79 Å². The highest BCUT2D eigenvalue weighted by Crippen LogP contribution is 2.27. The summed E-state index contributed by atoms with van der Waals surface area (Å²) in [5, 5.41) is 9.64. The summed E-state index contributed by atoms with van der Waals surface area (Å²) in [6.45, 7) is 6.05. The van der Waals surface area contributed by atoms with Gasteiger partial charge in [-0.05, 0) is 56.2 Å². The number of fused-ring (bicyclic) bond motifs is 1. The number of hydrogen-bond acceptors (Lipinski definition) is 5. The predicted molar refractivity (Wildman–Crippen MR) is 122 cm³/mol. The van der Waals surface area contributed by atoms with Crippen LogP contribution in [0.2, 0.25) is 5.02 Å². The van der Waals surface area contributed by atoms with Crippen molar-refractivity contribution in [3.8, 4) is 5.69 Å². The van der Waals surface area contributed by atoms with Gasteiger partial charge in [0.15, 0.2) is 5.65 Å². The maximum absolute atomic E-state index is 12.6. The molecule has 0 aliphatic rings. The number of thioether (sulfide) groups is 1. The third-order valence-electron chi connectivity index (χ3n) is 4.68. The van der Waals surface area contributed by atoms with Crippen molar-refractivity contribution < 1.29 is 4.79 Å². The van der Waals surface area contributed by atoms with Crippen LogP contribution >= 0.6 is 23.4 Å². The summed E-state index contributed by atoms with van der Waals surface area (Å²) in [6.07, 6.45) is 3.21. The van der Waals surface area contributed by atoms with Crippen molar-refractivity contribution in [3.63, 3.8) is 0 Å². The van der Waals surface area contributed by atoms with Gasteiger partial charge in [0, 0.05) is 10.7 Å². The molecule has 2 aromatic carbocycles. The van der Waals surface area contributed by atoms with Crippen LogP contribution in [-0.2, 0) is 4.79 Å². The standard InChI is InChI=1S/C22H20ClN5OS/c1-13-8-14(2)20(15(3)9-13)27-19(29)11-30-22-18-10-26-28(21(18)24-12-25-22)17-6-4-16(23)5-7-17/h4-10,12H,11H2,1-3H3,(H,27,29). The molecule has 30 heavy (non-hydrogen) atoms. The number of amides is 1. The Morgan fingerprint density at radius 1 is 1.10 bits per heavy atom. The van der Waals surface area contributed by atoms with Crippen LogP contribution in [0.15, 0.2) is 53.9 Å². The molecule has 0 atom stereocenters. The molecule has 2 aromatic heterocycles. The van der Waals surface area contributed by atoms with E-state index in [0.29, 0.717) is 15.7 Å². The molecule has 0 radical (unpaired) electrons. The lowest BCUT2D eigenvalue weighted by Crippen LogP contribution is -2.16. The Labute approximate surface area is 183 Å². The molecule has 0 aliphatic carbocycles. The molecule has 4 rings (SSSR count). The quantitative estimate of drug-likeness (QED) is 0.346. The lowest BCUT2D eigenvalue weighted by molar-refractivity contribution is -0.113. The van der Waals surface area contributed by atoms with Gasteiger partial charge in [-0.25, -0.2) is 14.6 Å². The summed E-state index contributed by atoms with van der Waals surface area (Å²) < 4.78 is 1.73. The van der Waals surface area contributed by atoms with Crippen LogP contribution in [0.4, 0.5) is 5.69 Å². The maximum Gasteiger partial charge on any atom is 0.234 e. The Bertz CT molecular complexity index is 1210. The Kier molecular flexibility index (Phi) is 5.74. The summed E-state index contributed by atoms with van der Waals surface area (Å²) >= 11 is 7.34. The highest BCUT2D eigenvalue weighted by molar-refractivity contribution is 8.00. The van der Waals surface area contributed by atoms with E-state index in [-0.39, 0.29) is 11.7 Å². The van der Waals surface area contributed by atoms with Crippen LogP contribution in [0.3, 0.4) is 0 Å². The number of benzene rings is 2. The molecule has 0 fully saturated rings. The van der Waals surface area contributed by atoms with E-state index in [1.165, 1.54) is 23.7 Å². The fraction of sp³-hybridized carbons (Fsp3) is 0.182. The number of rotatable bonds is 5. The van der Waals surface area contributed by atoms with Gasteiger partial charge in [-0.2, -0.15) is 5.10 Å². The summed E-state index contributed by atoms with van der Waals surface area (Å²) in [7, 11) is 0. The number of hydrogen-bond donors (Lipinski definition) is 1. The zero-order chi connectivity index (χ0) is 21.3. The lowest BCUT2D eigenvalue weighted by Gasteiger charge is -2.12. The highest BCUT2D eigenvalue weighted by Gasteiger charge is 2.14. The average molecular weight is 438 g/mol. The number of nitrogens with one attached hydrogen (secondary N) is 1. The zero-order valence-electron chi connectivity index (χ0n) is 16.8. The smallest absolute Gasteiger partial charge is 0.234 e. The molecule has 4 aromatic rings. The minimum Gasteiger partial charge on any atom is -0.325 e. The van der Waals surface area contributed by atoms with Gasteiger partial charge >= 0.3 is 0 Å². The SMILES string of the molecule is Cc1cc(C)c(NC(=O)CSc2ncnc3c2cnn3-c2ccc(Cl)cc2)c(C)c1. The highest BCUT2D eigenvalue weighted by atomic mass is 35.5. The van der Waals surface area contributed by atoms with Gasteiger partial charge < -0.3 is 5.32 Å². The van der Waals surface area contributed by atoms with E-state index in [1.54, 1.807) is 23.0 Å². The average Bonchev–Trinajstić information content (AvgIpc) is 3.14. The van der Waals surface area contributed by atoms with E-state index in [0.717, 1.165) is 27.9 Å². The van der Waals surface area contributed by atoms with Crippen LogP contribution in [0.25, 0.3) is 16.7 Å². The topological polar surface area (TPSA) is 72.7 Å². The van der Waals surface area contributed by atoms with Crippen LogP contribution in [0, 0.1) is 20.8 Å². The predicted octanol–water partition coefficient (Wildman–Crippen LogP) is 5.12. The summed E-state index contributed by atoms with van der Waals surface area (Å²) in [6, 6.07) is 11.5. The molecule has 0 aliphatic heterocycles. The number of anilines is 1. The number of carbonyl (C=O) groups is 1. The number of nitrogens with zero attached hydrogens (tertiary/aromatic N) is 4. The Morgan fingerprint density at radius 3 is 2.50 bits per heavy atom. The van der Waals surface area contributed by atoms with Gasteiger partial charge in [0.05, 0.1) is 23.0 Å². The second-order valence-corrected chi connectivity index (χ2v) is 8.46. The van der Waals surface area contributed by atoms with Gasteiger partial charge in [-0.3, -0.25) is 4.79 Å². The molecule has 2 heterocycles. The van der Waals surface area contributed by atoms with Gasteiger partial charge in [0.2, 0.25) is 5.91 Å². The maximum atomic E-state index is 12.6. The van der Waals surface area contributed by atoms with Crippen LogP contribution in [0.1, 0.15) is 16.7 Å². The van der Waals surface area contributed by atoms with Crippen molar-refractivity contribution in [2.45, 2.75) is 25.8 Å². The molecule has 0 saturated heterocycles. The minimum absolute atomic E-state index is 0.0769. The number of carbonyl (C=O) groups excluding carboxylic acids is 1. The van der Waals surface area contributed by atoms with Crippen molar-refractivity contribution in [3.05, 3.63) is 70.6 Å². The Hall–Kier alpha value is -2.90. The van der Waals surface area contributed by atoms with Crippen molar-refractivity contribution >= 4 is 46.0 Å². The molecule has 0 unspecified atom stereocenters. The van der Waals surface area contributed by atoms with E-state index in [1.807, 2.05) is 32.9 Å². The van der Waals surface area contributed by atoms with Crippen LogP contribution in [-0.4, -0.2) is 31.4 Å². The summed E-state index contributed by atoms with van der Waals surface area (Å²) in [5.41, 5.74) is 5.69. The second-order valence-electron chi connectivity index (χ2n) is 7.06. The van der Waals surface area contributed by atoms with E-state index in [4.69, 9.17) is 11.6 Å². The molecular weight excluding hydrogens is 418 g/mol. The molecule has 0 saturated carbocycles. The van der Waals surface area contributed by atoms with Crippen LogP contribution < -0.4 is 5.32 Å². The third kappa shape index (κ3) is 4.17. The number of halogens is 1. The van der Waals surface area contributed by atoms with Crippen LogP contribution in [0.5, 0.6) is 0 Å². The van der Waals surface area contributed by atoms with Crippen molar-refractivity contribution in [2.24, 2.45) is 0 Å².